The van der Waals surface area contributed by atoms with Gasteiger partial charge in [-0.05, 0) is 24.6 Å². The van der Waals surface area contributed by atoms with Crippen molar-refractivity contribution in [3.05, 3.63) is 46.6 Å². The van der Waals surface area contributed by atoms with E-state index < -0.39 is 0 Å². The van der Waals surface area contributed by atoms with Crippen LogP contribution in [-0.4, -0.2) is 19.7 Å². The lowest BCUT2D eigenvalue weighted by Gasteiger charge is -2.13. The smallest absolute Gasteiger partial charge is 0.323 e. The largest absolute Gasteiger partial charge is 0.376 e. The Balaban J connectivity index is 1.88. The van der Waals surface area contributed by atoms with E-state index >= 15 is 0 Å². The van der Waals surface area contributed by atoms with Crippen molar-refractivity contribution in [1.82, 2.24) is 19.7 Å². The fraction of sp³-hybridized carbons (Fsp3) is 0.231. The second-order valence-corrected chi connectivity index (χ2v) is 4.65. The fourth-order valence-electron chi connectivity index (χ4n) is 2.15. The number of benzene rings is 1. The zero-order chi connectivity index (χ0) is 13.4. The number of anilines is 1. The first kappa shape index (κ1) is 11.6. The molecular weight excluding hydrogens is 242 g/mol. The number of hydrogen-bond donors (Lipinski definition) is 3. The van der Waals surface area contributed by atoms with E-state index in [1.165, 1.54) is 0 Å². The molecule has 0 spiro atoms. The summed E-state index contributed by atoms with van der Waals surface area (Å²) in [5.74, 6) is 0. The highest BCUT2D eigenvalue weighted by Crippen LogP contribution is 2.21. The maximum atomic E-state index is 11.2. The number of aromatic nitrogens is 4. The van der Waals surface area contributed by atoms with Crippen molar-refractivity contribution >= 4 is 16.7 Å². The van der Waals surface area contributed by atoms with Crippen LogP contribution in [-0.2, 0) is 7.05 Å². The molecule has 98 valence electrons. The van der Waals surface area contributed by atoms with Gasteiger partial charge in [0.15, 0.2) is 0 Å². The van der Waals surface area contributed by atoms with E-state index in [1.54, 1.807) is 10.9 Å². The molecule has 3 aromatic rings. The Kier molecular flexibility index (Phi) is 2.63. The average molecular weight is 257 g/mol. The Morgan fingerprint density at radius 1 is 1.32 bits per heavy atom. The van der Waals surface area contributed by atoms with Crippen LogP contribution in [0.2, 0.25) is 0 Å². The Morgan fingerprint density at radius 3 is 2.84 bits per heavy atom. The third-order valence-corrected chi connectivity index (χ3v) is 3.13. The molecule has 6 heteroatoms. The molecule has 1 atom stereocenters. The van der Waals surface area contributed by atoms with E-state index in [0.29, 0.717) is 0 Å². The topological polar surface area (TPSA) is 78.5 Å². The van der Waals surface area contributed by atoms with Crippen LogP contribution >= 0.6 is 0 Å². The van der Waals surface area contributed by atoms with E-state index in [2.05, 4.69) is 27.3 Å². The molecule has 0 aliphatic heterocycles. The summed E-state index contributed by atoms with van der Waals surface area (Å²) in [5, 5.41) is 7.48. The predicted molar refractivity (Wildman–Crippen MR) is 74.2 cm³/mol. The van der Waals surface area contributed by atoms with Gasteiger partial charge in [0.1, 0.15) is 0 Å². The van der Waals surface area contributed by atoms with Crippen molar-refractivity contribution in [3.8, 4) is 0 Å². The second kappa shape index (κ2) is 4.31. The molecule has 0 saturated carbocycles. The molecule has 2 aromatic heterocycles. The van der Waals surface area contributed by atoms with Crippen molar-refractivity contribution in [2.75, 3.05) is 5.32 Å². The molecule has 3 rings (SSSR count). The number of rotatable bonds is 3. The minimum atomic E-state index is -0.181. The van der Waals surface area contributed by atoms with Crippen LogP contribution in [0.5, 0.6) is 0 Å². The van der Waals surface area contributed by atoms with E-state index in [4.69, 9.17) is 0 Å². The molecule has 0 aliphatic rings. The maximum Gasteiger partial charge on any atom is 0.323 e. The lowest BCUT2D eigenvalue weighted by atomic mass is 10.1. The molecule has 1 aromatic carbocycles. The average Bonchev–Trinajstić information content (AvgIpc) is 2.93. The van der Waals surface area contributed by atoms with Crippen molar-refractivity contribution in [3.63, 3.8) is 0 Å². The van der Waals surface area contributed by atoms with Crippen LogP contribution in [0.1, 0.15) is 18.5 Å². The van der Waals surface area contributed by atoms with Gasteiger partial charge in [-0.2, -0.15) is 5.10 Å². The molecule has 0 aliphatic carbocycles. The van der Waals surface area contributed by atoms with Crippen LogP contribution in [0, 0.1) is 0 Å². The molecule has 0 amide bonds. The first-order chi connectivity index (χ1) is 9.11. The number of aryl methyl sites for hydroxylation is 1. The van der Waals surface area contributed by atoms with Crippen LogP contribution in [0.3, 0.4) is 0 Å². The van der Waals surface area contributed by atoms with E-state index in [9.17, 15) is 4.79 Å². The molecule has 1 unspecified atom stereocenters. The molecule has 2 heterocycles. The number of nitrogens with zero attached hydrogens (tertiary/aromatic N) is 2. The lowest BCUT2D eigenvalue weighted by molar-refractivity contribution is 0.767. The Hall–Kier alpha value is -2.50. The van der Waals surface area contributed by atoms with Gasteiger partial charge in [-0.3, -0.25) is 4.68 Å². The highest BCUT2D eigenvalue weighted by atomic mass is 16.1. The van der Waals surface area contributed by atoms with Gasteiger partial charge in [0.05, 0.1) is 22.9 Å². The zero-order valence-electron chi connectivity index (χ0n) is 10.8. The zero-order valence-corrected chi connectivity index (χ0v) is 10.8. The van der Waals surface area contributed by atoms with Gasteiger partial charge >= 0.3 is 5.69 Å². The van der Waals surface area contributed by atoms with Gasteiger partial charge in [0.2, 0.25) is 0 Å². The second-order valence-electron chi connectivity index (χ2n) is 4.65. The summed E-state index contributed by atoms with van der Waals surface area (Å²) in [5.41, 5.74) is 3.54. The SMILES string of the molecule is CC(Nc1cnn(C)c1)c1ccc2[nH]c(=O)[nH]c2c1. The van der Waals surface area contributed by atoms with Crippen molar-refractivity contribution < 1.29 is 0 Å². The van der Waals surface area contributed by atoms with Crippen LogP contribution in [0.4, 0.5) is 5.69 Å². The minimum Gasteiger partial charge on any atom is -0.376 e. The van der Waals surface area contributed by atoms with Crippen LogP contribution in [0.15, 0.2) is 35.4 Å². The Morgan fingerprint density at radius 2 is 2.11 bits per heavy atom. The van der Waals surface area contributed by atoms with Crippen molar-refractivity contribution in [2.24, 2.45) is 7.05 Å². The van der Waals surface area contributed by atoms with Crippen molar-refractivity contribution in [1.29, 1.82) is 0 Å². The number of hydrogen-bond acceptors (Lipinski definition) is 3. The Labute approximate surface area is 109 Å². The monoisotopic (exact) mass is 257 g/mol. The number of imidazole rings is 1. The van der Waals surface area contributed by atoms with E-state index in [1.807, 2.05) is 31.4 Å². The predicted octanol–water partition coefficient (Wildman–Crippen LogP) is 1.76. The highest BCUT2D eigenvalue weighted by molar-refractivity contribution is 5.75. The number of nitrogens with one attached hydrogen (secondary N) is 3. The molecule has 19 heavy (non-hydrogen) atoms. The van der Waals surface area contributed by atoms with Gasteiger partial charge < -0.3 is 15.3 Å². The summed E-state index contributed by atoms with van der Waals surface area (Å²) in [4.78, 5) is 16.7. The summed E-state index contributed by atoms with van der Waals surface area (Å²) in [6, 6.07) is 6.01. The van der Waals surface area contributed by atoms with Gasteiger partial charge in [-0.15, -0.1) is 0 Å². The molecule has 0 saturated heterocycles. The summed E-state index contributed by atoms with van der Waals surface area (Å²) in [6.07, 6.45) is 3.71. The van der Waals surface area contributed by atoms with Gasteiger partial charge in [0, 0.05) is 19.3 Å². The summed E-state index contributed by atoms with van der Waals surface area (Å²) in [6.45, 7) is 2.07. The number of H-pyrrole nitrogens is 2. The fourth-order valence-corrected chi connectivity index (χ4v) is 2.15. The van der Waals surface area contributed by atoms with Gasteiger partial charge in [0.25, 0.3) is 0 Å². The molecule has 0 fully saturated rings. The third-order valence-electron chi connectivity index (χ3n) is 3.13. The third kappa shape index (κ3) is 2.24. The molecule has 0 radical (unpaired) electrons. The molecular formula is C13H15N5O. The standard InChI is InChI=1S/C13H15N5O/c1-8(15-10-6-14-18(2)7-10)9-3-4-11-12(5-9)17-13(19)16-11/h3-8,15H,1-2H3,(H2,16,17,19). The van der Waals surface area contributed by atoms with Gasteiger partial charge in [-0.1, -0.05) is 6.07 Å². The van der Waals surface area contributed by atoms with Crippen molar-refractivity contribution in [2.45, 2.75) is 13.0 Å². The minimum absolute atomic E-state index is 0.131. The number of aromatic amines is 2. The lowest BCUT2D eigenvalue weighted by Crippen LogP contribution is -2.05. The molecule has 0 bridgehead atoms. The van der Waals surface area contributed by atoms with E-state index in [-0.39, 0.29) is 11.7 Å². The first-order valence-corrected chi connectivity index (χ1v) is 6.09. The summed E-state index contributed by atoms with van der Waals surface area (Å²) in [7, 11) is 1.88. The summed E-state index contributed by atoms with van der Waals surface area (Å²) < 4.78 is 1.75. The van der Waals surface area contributed by atoms with E-state index in [0.717, 1.165) is 22.3 Å². The molecule has 6 nitrogen and oxygen atoms in total. The van der Waals surface area contributed by atoms with Crippen LogP contribution in [0.25, 0.3) is 11.0 Å². The number of fused-ring (bicyclic) bond motifs is 1. The highest BCUT2D eigenvalue weighted by Gasteiger charge is 2.08. The summed E-state index contributed by atoms with van der Waals surface area (Å²) >= 11 is 0. The Bertz CT molecular complexity index is 767. The maximum absolute atomic E-state index is 11.2. The quantitative estimate of drug-likeness (QED) is 0.669. The van der Waals surface area contributed by atoms with Gasteiger partial charge in [-0.25, -0.2) is 4.79 Å². The first-order valence-electron chi connectivity index (χ1n) is 6.09. The molecule has 3 N–H and O–H groups in total. The normalized spacial score (nSPS) is 12.7. The van der Waals surface area contributed by atoms with Crippen LogP contribution < -0.4 is 11.0 Å².